The van der Waals surface area contributed by atoms with Gasteiger partial charge in [-0.2, -0.15) is 0 Å². The van der Waals surface area contributed by atoms with E-state index in [0.717, 1.165) is 10.5 Å². The average Bonchev–Trinajstić information content (AvgIpc) is 2.38. The summed E-state index contributed by atoms with van der Waals surface area (Å²) in [5.41, 5.74) is 1.59. The van der Waals surface area contributed by atoms with E-state index in [9.17, 15) is 8.42 Å². The normalized spacial score (nSPS) is 11.3. The number of hydrogen-bond acceptors (Lipinski definition) is 3. The number of aryl methyl sites for hydroxylation is 1. The monoisotopic (exact) mass is 293 g/mol. The maximum absolute atomic E-state index is 12.2. The molecule has 0 heterocycles. The molecule has 0 aromatic heterocycles. The van der Waals surface area contributed by atoms with Crippen LogP contribution in [0.25, 0.3) is 0 Å². The number of rotatable bonds is 4. The molecule has 1 N–H and O–H groups in total. The highest BCUT2D eigenvalue weighted by atomic mass is 32.2. The van der Waals surface area contributed by atoms with Crippen LogP contribution in [0.5, 0.6) is 0 Å². The Kier molecular flexibility index (Phi) is 4.17. The molecule has 19 heavy (non-hydrogen) atoms. The van der Waals surface area contributed by atoms with Crippen molar-refractivity contribution in [3.05, 3.63) is 54.1 Å². The first kappa shape index (κ1) is 14.0. The summed E-state index contributed by atoms with van der Waals surface area (Å²) in [5.74, 6) is 0. The van der Waals surface area contributed by atoms with Crippen LogP contribution in [0.2, 0.25) is 0 Å². The minimum atomic E-state index is -3.51. The van der Waals surface area contributed by atoms with Crippen molar-refractivity contribution in [2.45, 2.75) is 16.7 Å². The lowest BCUT2D eigenvalue weighted by molar-refractivity contribution is 0.601. The van der Waals surface area contributed by atoms with E-state index in [0.29, 0.717) is 5.69 Å². The van der Waals surface area contributed by atoms with Gasteiger partial charge < -0.3 is 0 Å². The molecule has 0 bridgehead atoms. The highest BCUT2D eigenvalue weighted by Gasteiger charge is 2.13. The zero-order valence-electron chi connectivity index (χ0n) is 10.8. The molecule has 3 nitrogen and oxygen atoms in total. The molecule has 0 fully saturated rings. The molecule has 5 heteroatoms. The lowest BCUT2D eigenvalue weighted by atomic mass is 10.2. The molecular weight excluding hydrogens is 278 g/mol. The van der Waals surface area contributed by atoms with Crippen LogP contribution in [0.15, 0.2) is 58.3 Å². The van der Waals surface area contributed by atoms with E-state index in [1.54, 1.807) is 48.2 Å². The summed E-state index contributed by atoms with van der Waals surface area (Å²) in [6.45, 7) is 1.92. The molecule has 0 atom stereocenters. The Hall–Kier alpha value is -1.46. The Morgan fingerprint density at radius 2 is 1.74 bits per heavy atom. The van der Waals surface area contributed by atoms with Crippen LogP contribution in [0.3, 0.4) is 0 Å². The molecule has 0 amide bonds. The topological polar surface area (TPSA) is 46.2 Å². The van der Waals surface area contributed by atoms with Crippen LogP contribution in [0, 0.1) is 6.92 Å². The number of benzene rings is 2. The fourth-order valence-corrected chi connectivity index (χ4v) is 3.14. The van der Waals surface area contributed by atoms with Crippen molar-refractivity contribution in [1.82, 2.24) is 0 Å². The van der Waals surface area contributed by atoms with Gasteiger partial charge in [0, 0.05) is 10.6 Å². The number of sulfonamides is 1. The van der Waals surface area contributed by atoms with Gasteiger partial charge in [-0.3, -0.25) is 4.72 Å². The molecule has 2 aromatic rings. The van der Waals surface area contributed by atoms with Crippen molar-refractivity contribution < 1.29 is 8.42 Å². The first-order valence-corrected chi connectivity index (χ1v) is 8.45. The molecule has 2 rings (SSSR count). The minimum Gasteiger partial charge on any atom is -0.280 e. The van der Waals surface area contributed by atoms with E-state index in [1.165, 1.54) is 0 Å². The van der Waals surface area contributed by atoms with Gasteiger partial charge in [0.15, 0.2) is 0 Å². The van der Waals surface area contributed by atoms with E-state index >= 15 is 0 Å². The van der Waals surface area contributed by atoms with Gasteiger partial charge in [0.05, 0.1) is 4.90 Å². The van der Waals surface area contributed by atoms with Gasteiger partial charge in [0.25, 0.3) is 10.0 Å². The van der Waals surface area contributed by atoms with E-state index in [-0.39, 0.29) is 4.90 Å². The smallest absolute Gasteiger partial charge is 0.261 e. The number of anilines is 1. The first-order chi connectivity index (χ1) is 9.01. The Morgan fingerprint density at radius 3 is 2.32 bits per heavy atom. The lowest BCUT2D eigenvalue weighted by Crippen LogP contribution is -2.12. The van der Waals surface area contributed by atoms with Crippen LogP contribution in [-0.4, -0.2) is 14.7 Å². The lowest BCUT2D eigenvalue weighted by Gasteiger charge is -2.09. The zero-order valence-corrected chi connectivity index (χ0v) is 12.4. The van der Waals surface area contributed by atoms with E-state index in [4.69, 9.17) is 0 Å². The standard InChI is InChI=1S/C14H15NO2S2/c1-11-4-3-5-12(10-11)15-19(16,17)14-8-6-13(18-2)7-9-14/h3-10,15H,1-2H3. The van der Waals surface area contributed by atoms with Crippen molar-refractivity contribution in [2.75, 3.05) is 11.0 Å². The molecule has 0 spiro atoms. The minimum absolute atomic E-state index is 0.270. The van der Waals surface area contributed by atoms with E-state index < -0.39 is 10.0 Å². The second-order valence-corrected chi connectivity index (χ2v) is 6.71. The van der Waals surface area contributed by atoms with Crippen molar-refractivity contribution in [1.29, 1.82) is 0 Å². The third kappa shape index (κ3) is 3.52. The van der Waals surface area contributed by atoms with Gasteiger partial charge in [-0.25, -0.2) is 8.42 Å². The fourth-order valence-electron chi connectivity index (χ4n) is 1.68. The summed E-state index contributed by atoms with van der Waals surface area (Å²) in [4.78, 5) is 1.31. The molecule has 0 saturated carbocycles. The van der Waals surface area contributed by atoms with Gasteiger partial charge in [-0.1, -0.05) is 12.1 Å². The van der Waals surface area contributed by atoms with Crippen LogP contribution in [0.4, 0.5) is 5.69 Å². The third-order valence-electron chi connectivity index (χ3n) is 2.64. The maximum atomic E-state index is 12.2. The van der Waals surface area contributed by atoms with E-state index in [1.807, 2.05) is 25.3 Å². The van der Waals surface area contributed by atoms with Gasteiger partial charge in [0.2, 0.25) is 0 Å². The fraction of sp³-hybridized carbons (Fsp3) is 0.143. The van der Waals surface area contributed by atoms with Crippen LogP contribution < -0.4 is 4.72 Å². The van der Waals surface area contributed by atoms with E-state index in [2.05, 4.69) is 4.72 Å². The van der Waals surface area contributed by atoms with Gasteiger partial charge >= 0.3 is 0 Å². The second kappa shape index (κ2) is 5.67. The summed E-state index contributed by atoms with van der Waals surface area (Å²) < 4.78 is 27.0. The van der Waals surface area contributed by atoms with Crippen molar-refractivity contribution in [3.8, 4) is 0 Å². The molecule has 0 unspecified atom stereocenters. The quantitative estimate of drug-likeness (QED) is 0.877. The van der Waals surface area contributed by atoms with Crippen molar-refractivity contribution in [3.63, 3.8) is 0 Å². The Balaban J connectivity index is 2.27. The molecule has 0 saturated heterocycles. The summed E-state index contributed by atoms with van der Waals surface area (Å²) in [5, 5.41) is 0. The predicted molar refractivity (Wildman–Crippen MR) is 80.2 cm³/mol. The van der Waals surface area contributed by atoms with Gasteiger partial charge in [-0.05, 0) is 55.1 Å². The summed E-state index contributed by atoms with van der Waals surface area (Å²) >= 11 is 1.58. The predicted octanol–water partition coefficient (Wildman–Crippen LogP) is 3.52. The number of thioether (sulfide) groups is 1. The highest BCUT2D eigenvalue weighted by molar-refractivity contribution is 7.98. The maximum Gasteiger partial charge on any atom is 0.261 e. The summed E-state index contributed by atoms with van der Waals surface area (Å²) in [6, 6.07) is 14.1. The molecule has 100 valence electrons. The zero-order chi connectivity index (χ0) is 13.9. The van der Waals surface area contributed by atoms with Crippen LogP contribution >= 0.6 is 11.8 Å². The van der Waals surface area contributed by atoms with Crippen molar-refractivity contribution >= 4 is 27.5 Å². The largest absolute Gasteiger partial charge is 0.280 e. The van der Waals surface area contributed by atoms with Gasteiger partial charge in [-0.15, -0.1) is 11.8 Å². The van der Waals surface area contributed by atoms with Crippen LogP contribution in [0.1, 0.15) is 5.56 Å². The highest BCUT2D eigenvalue weighted by Crippen LogP contribution is 2.20. The number of hydrogen-bond donors (Lipinski definition) is 1. The first-order valence-electron chi connectivity index (χ1n) is 5.75. The van der Waals surface area contributed by atoms with Crippen LogP contribution in [-0.2, 0) is 10.0 Å². The molecule has 2 aromatic carbocycles. The summed E-state index contributed by atoms with van der Waals surface area (Å²) in [7, 11) is -3.51. The Bertz CT molecular complexity index is 664. The SMILES string of the molecule is CSc1ccc(S(=O)(=O)Nc2cccc(C)c2)cc1. The molecule has 0 aliphatic carbocycles. The van der Waals surface area contributed by atoms with Crippen molar-refractivity contribution in [2.24, 2.45) is 0 Å². The molecule has 0 aliphatic heterocycles. The second-order valence-electron chi connectivity index (χ2n) is 4.15. The Morgan fingerprint density at radius 1 is 1.05 bits per heavy atom. The third-order valence-corrected chi connectivity index (χ3v) is 4.78. The molecular formula is C14H15NO2S2. The average molecular weight is 293 g/mol. The Labute approximate surface area is 118 Å². The number of nitrogens with one attached hydrogen (secondary N) is 1. The molecule has 0 aliphatic rings. The van der Waals surface area contributed by atoms with Gasteiger partial charge in [0.1, 0.15) is 0 Å². The molecule has 0 radical (unpaired) electrons. The summed E-state index contributed by atoms with van der Waals surface area (Å²) in [6.07, 6.45) is 1.95.